The molecule has 0 saturated heterocycles. The SMILES string of the molecule is CC(C)Oc1cccc(C(=O)NC(=S)NC(C)c2ccccc2)c1. The molecule has 0 spiro atoms. The first-order valence-corrected chi connectivity index (χ1v) is 8.30. The Hall–Kier alpha value is -2.40. The van der Waals surface area contributed by atoms with Crippen molar-refractivity contribution in [3.63, 3.8) is 0 Å². The molecule has 1 amide bonds. The van der Waals surface area contributed by atoms with Gasteiger partial charge in [-0.2, -0.15) is 0 Å². The number of nitrogens with one attached hydrogen (secondary N) is 2. The summed E-state index contributed by atoms with van der Waals surface area (Å²) in [5, 5.41) is 6.11. The average molecular weight is 342 g/mol. The molecule has 0 aliphatic rings. The summed E-state index contributed by atoms with van der Waals surface area (Å²) in [6.45, 7) is 5.87. The van der Waals surface area contributed by atoms with Crippen LogP contribution >= 0.6 is 12.2 Å². The number of ether oxygens (including phenoxy) is 1. The highest BCUT2D eigenvalue weighted by atomic mass is 32.1. The lowest BCUT2D eigenvalue weighted by Crippen LogP contribution is -2.40. The van der Waals surface area contributed by atoms with Gasteiger partial charge in [0.1, 0.15) is 5.75 Å². The minimum atomic E-state index is -0.262. The van der Waals surface area contributed by atoms with E-state index < -0.39 is 0 Å². The highest BCUT2D eigenvalue weighted by Gasteiger charge is 2.12. The molecule has 0 aliphatic carbocycles. The van der Waals surface area contributed by atoms with Gasteiger partial charge in [-0.1, -0.05) is 36.4 Å². The maximum absolute atomic E-state index is 12.3. The largest absolute Gasteiger partial charge is 0.491 e. The molecule has 0 radical (unpaired) electrons. The molecule has 1 unspecified atom stereocenters. The molecule has 0 aliphatic heterocycles. The van der Waals surface area contributed by atoms with Gasteiger partial charge >= 0.3 is 0 Å². The maximum Gasteiger partial charge on any atom is 0.257 e. The van der Waals surface area contributed by atoms with Crippen LogP contribution in [0.1, 0.15) is 42.7 Å². The highest BCUT2D eigenvalue weighted by molar-refractivity contribution is 7.80. The van der Waals surface area contributed by atoms with Gasteiger partial charge in [0.05, 0.1) is 12.1 Å². The molecule has 0 bridgehead atoms. The zero-order chi connectivity index (χ0) is 17.5. The first-order chi connectivity index (χ1) is 11.5. The van der Waals surface area contributed by atoms with E-state index in [0.29, 0.717) is 16.4 Å². The summed E-state index contributed by atoms with van der Waals surface area (Å²) in [5.41, 5.74) is 1.60. The minimum absolute atomic E-state index is 0.00890. The molecule has 0 heterocycles. The van der Waals surface area contributed by atoms with Gasteiger partial charge in [-0.15, -0.1) is 0 Å². The van der Waals surface area contributed by atoms with Gasteiger partial charge < -0.3 is 10.1 Å². The Labute approximate surface area is 148 Å². The molecule has 5 heteroatoms. The van der Waals surface area contributed by atoms with Crippen LogP contribution in [0.5, 0.6) is 5.75 Å². The number of rotatable bonds is 5. The van der Waals surface area contributed by atoms with E-state index in [4.69, 9.17) is 17.0 Å². The third-order valence-corrected chi connectivity index (χ3v) is 3.56. The fourth-order valence-electron chi connectivity index (χ4n) is 2.22. The Morgan fingerprint density at radius 1 is 1.04 bits per heavy atom. The van der Waals surface area contributed by atoms with E-state index in [9.17, 15) is 4.79 Å². The molecule has 0 aromatic heterocycles. The van der Waals surface area contributed by atoms with E-state index >= 15 is 0 Å². The third-order valence-electron chi connectivity index (χ3n) is 3.34. The van der Waals surface area contributed by atoms with Crippen LogP contribution in [0.25, 0.3) is 0 Å². The summed E-state index contributed by atoms with van der Waals surface area (Å²) in [7, 11) is 0. The van der Waals surface area contributed by atoms with Crippen LogP contribution in [0.3, 0.4) is 0 Å². The fraction of sp³-hybridized carbons (Fsp3) is 0.263. The monoisotopic (exact) mass is 342 g/mol. The molecule has 24 heavy (non-hydrogen) atoms. The molecule has 1 atom stereocenters. The second kappa shape index (κ2) is 8.45. The number of benzene rings is 2. The smallest absolute Gasteiger partial charge is 0.257 e. The molecule has 0 saturated carbocycles. The lowest BCUT2D eigenvalue weighted by molar-refractivity contribution is 0.0975. The molecule has 0 fully saturated rings. The van der Waals surface area contributed by atoms with E-state index in [2.05, 4.69) is 10.6 Å². The second-order valence-corrected chi connectivity index (χ2v) is 6.16. The van der Waals surface area contributed by atoms with Crippen molar-refractivity contribution in [3.05, 3.63) is 65.7 Å². The Morgan fingerprint density at radius 2 is 1.75 bits per heavy atom. The van der Waals surface area contributed by atoms with Gasteiger partial charge in [-0.05, 0) is 56.8 Å². The van der Waals surface area contributed by atoms with Crippen LogP contribution in [-0.4, -0.2) is 17.1 Å². The fourth-order valence-corrected chi connectivity index (χ4v) is 2.49. The highest BCUT2D eigenvalue weighted by Crippen LogP contribution is 2.15. The number of hydrogen-bond donors (Lipinski definition) is 2. The lowest BCUT2D eigenvalue weighted by Gasteiger charge is -2.17. The normalized spacial score (nSPS) is 11.7. The Balaban J connectivity index is 1.95. The van der Waals surface area contributed by atoms with Crippen molar-refractivity contribution in [1.29, 1.82) is 0 Å². The molecule has 2 aromatic rings. The standard InChI is InChI=1S/C19H22N2O2S/c1-13(2)23-17-11-7-10-16(12-17)18(22)21-19(24)20-14(3)15-8-5-4-6-9-15/h4-14H,1-3H3,(H2,20,21,22,24). The van der Waals surface area contributed by atoms with E-state index in [1.54, 1.807) is 18.2 Å². The predicted octanol–water partition coefficient (Wildman–Crippen LogP) is 3.84. The van der Waals surface area contributed by atoms with Crippen molar-refractivity contribution in [2.24, 2.45) is 0 Å². The van der Waals surface area contributed by atoms with Gasteiger partial charge in [0.25, 0.3) is 5.91 Å². The van der Waals surface area contributed by atoms with Crippen LogP contribution in [0, 0.1) is 0 Å². The van der Waals surface area contributed by atoms with Gasteiger partial charge in [-0.3, -0.25) is 10.1 Å². The third kappa shape index (κ3) is 5.35. The molecule has 4 nitrogen and oxygen atoms in total. The van der Waals surface area contributed by atoms with Crippen molar-refractivity contribution in [3.8, 4) is 5.75 Å². The topological polar surface area (TPSA) is 50.4 Å². The molecular weight excluding hydrogens is 320 g/mol. The number of amides is 1. The maximum atomic E-state index is 12.3. The molecule has 2 aromatic carbocycles. The van der Waals surface area contributed by atoms with E-state index in [1.165, 1.54) is 0 Å². The van der Waals surface area contributed by atoms with Gasteiger partial charge in [0.15, 0.2) is 5.11 Å². The summed E-state index contributed by atoms with van der Waals surface area (Å²) in [6.07, 6.45) is 0.0535. The van der Waals surface area contributed by atoms with Crippen LogP contribution in [0.15, 0.2) is 54.6 Å². The Bertz CT molecular complexity index is 702. The van der Waals surface area contributed by atoms with Crippen molar-refractivity contribution in [1.82, 2.24) is 10.6 Å². The second-order valence-electron chi connectivity index (χ2n) is 5.75. The van der Waals surface area contributed by atoms with Crippen molar-refractivity contribution in [2.75, 3.05) is 0 Å². The number of hydrogen-bond acceptors (Lipinski definition) is 3. The van der Waals surface area contributed by atoms with E-state index in [1.807, 2.05) is 57.2 Å². The van der Waals surface area contributed by atoms with Crippen molar-refractivity contribution < 1.29 is 9.53 Å². The molecule has 2 rings (SSSR count). The lowest BCUT2D eigenvalue weighted by atomic mass is 10.1. The summed E-state index contributed by atoms with van der Waals surface area (Å²) in [5.74, 6) is 0.399. The number of carbonyl (C=O) groups is 1. The Kier molecular flexibility index (Phi) is 6.32. The van der Waals surface area contributed by atoms with E-state index in [0.717, 1.165) is 5.56 Å². The summed E-state index contributed by atoms with van der Waals surface area (Å²) < 4.78 is 5.60. The Morgan fingerprint density at radius 3 is 2.42 bits per heavy atom. The van der Waals surface area contributed by atoms with Gasteiger partial charge in [-0.25, -0.2) is 0 Å². The summed E-state index contributed by atoms with van der Waals surface area (Å²) in [4.78, 5) is 12.3. The summed E-state index contributed by atoms with van der Waals surface area (Å²) in [6, 6.07) is 17.0. The van der Waals surface area contributed by atoms with Crippen LogP contribution in [-0.2, 0) is 0 Å². The first-order valence-electron chi connectivity index (χ1n) is 7.89. The van der Waals surface area contributed by atoms with Crippen LogP contribution < -0.4 is 15.4 Å². The van der Waals surface area contributed by atoms with Gasteiger partial charge in [0.2, 0.25) is 0 Å². The minimum Gasteiger partial charge on any atom is -0.491 e. The first kappa shape index (κ1) is 17.9. The molecule has 2 N–H and O–H groups in total. The van der Waals surface area contributed by atoms with Crippen molar-refractivity contribution in [2.45, 2.75) is 32.9 Å². The quantitative estimate of drug-likeness (QED) is 0.811. The predicted molar refractivity (Wildman–Crippen MR) is 100 cm³/mol. The number of thiocarbonyl (C=S) groups is 1. The number of carbonyl (C=O) groups excluding carboxylic acids is 1. The van der Waals surface area contributed by atoms with Gasteiger partial charge in [0, 0.05) is 5.56 Å². The zero-order valence-corrected chi connectivity index (χ0v) is 14.9. The summed E-state index contributed by atoms with van der Waals surface area (Å²) >= 11 is 5.23. The average Bonchev–Trinajstić information content (AvgIpc) is 2.55. The van der Waals surface area contributed by atoms with Crippen LogP contribution in [0.4, 0.5) is 0 Å². The molecule has 126 valence electrons. The molecular formula is C19H22N2O2S. The van der Waals surface area contributed by atoms with Crippen LogP contribution in [0.2, 0.25) is 0 Å². The van der Waals surface area contributed by atoms with Crippen molar-refractivity contribution >= 4 is 23.2 Å². The zero-order valence-electron chi connectivity index (χ0n) is 14.1. The van der Waals surface area contributed by atoms with E-state index in [-0.39, 0.29) is 18.1 Å².